The van der Waals surface area contributed by atoms with Gasteiger partial charge >= 0.3 is 0 Å². The molecule has 1 atom stereocenters. The maximum atomic E-state index is 13.4. The number of aryl methyl sites for hydroxylation is 1. The van der Waals surface area contributed by atoms with Crippen molar-refractivity contribution in [1.82, 2.24) is 0 Å². The van der Waals surface area contributed by atoms with E-state index in [0.717, 1.165) is 22.9 Å². The Kier molecular flexibility index (Phi) is 4.76. The summed E-state index contributed by atoms with van der Waals surface area (Å²) in [6, 6.07) is 9.73. The van der Waals surface area contributed by atoms with E-state index in [-0.39, 0.29) is 4.83 Å². The van der Waals surface area contributed by atoms with Gasteiger partial charge in [0.15, 0.2) is 11.6 Å². The van der Waals surface area contributed by atoms with Crippen LogP contribution in [0.4, 0.5) is 8.78 Å². The molecule has 0 bridgehead atoms. The summed E-state index contributed by atoms with van der Waals surface area (Å²) in [5, 5.41) is 0. The molecule has 2 aromatic rings. The molecule has 0 heterocycles. The van der Waals surface area contributed by atoms with Crippen molar-refractivity contribution in [2.45, 2.75) is 18.7 Å². The molecule has 0 aliphatic carbocycles. The second-order valence-electron chi connectivity index (χ2n) is 4.51. The highest BCUT2D eigenvalue weighted by Crippen LogP contribution is 2.37. The standard InChI is InChI=1S/C16H15BrF2O/c1-3-20-15-7-4-10(2)8-12(15)16(17)11-5-6-13(18)14(19)9-11/h4-9,16H,3H2,1-2H3. The fourth-order valence-electron chi connectivity index (χ4n) is 2.00. The molecular formula is C16H15BrF2O. The SMILES string of the molecule is CCOc1ccc(C)cc1C(Br)c1ccc(F)c(F)c1. The van der Waals surface area contributed by atoms with E-state index in [1.54, 1.807) is 6.07 Å². The van der Waals surface area contributed by atoms with Gasteiger partial charge in [-0.05, 0) is 37.6 Å². The minimum absolute atomic E-state index is 0.251. The summed E-state index contributed by atoms with van der Waals surface area (Å²) in [4.78, 5) is -0.251. The van der Waals surface area contributed by atoms with Gasteiger partial charge in [-0.3, -0.25) is 0 Å². The van der Waals surface area contributed by atoms with Crippen LogP contribution in [-0.2, 0) is 0 Å². The first-order valence-electron chi connectivity index (χ1n) is 6.35. The van der Waals surface area contributed by atoms with Gasteiger partial charge in [-0.25, -0.2) is 8.78 Å². The van der Waals surface area contributed by atoms with Crippen LogP contribution in [0.25, 0.3) is 0 Å². The lowest BCUT2D eigenvalue weighted by atomic mass is 10.0. The number of rotatable bonds is 4. The molecule has 1 unspecified atom stereocenters. The summed E-state index contributed by atoms with van der Waals surface area (Å²) in [5.74, 6) is -0.954. The molecule has 1 nitrogen and oxygen atoms in total. The molecule has 0 saturated heterocycles. The molecule has 106 valence electrons. The molecule has 0 amide bonds. The Bertz CT molecular complexity index is 613. The van der Waals surface area contributed by atoms with Crippen LogP contribution in [0.2, 0.25) is 0 Å². The van der Waals surface area contributed by atoms with Crippen LogP contribution in [0.1, 0.15) is 28.4 Å². The van der Waals surface area contributed by atoms with E-state index in [4.69, 9.17) is 4.74 Å². The molecule has 0 N–H and O–H groups in total. The Labute approximate surface area is 125 Å². The van der Waals surface area contributed by atoms with Gasteiger partial charge in [0.25, 0.3) is 0 Å². The van der Waals surface area contributed by atoms with E-state index < -0.39 is 11.6 Å². The molecule has 0 aliphatic heterocycles. The van der Waals surface area contributed by atoms with Crippen molar-refractivity contribution < 1.29 is 13.5 Å². The number of hydrogen-bond donors (Lipinski definition) is 0. The first-order chi connectivity index (χ1) is 9.52. The molecule has 20 heavy (non-hydrogen) atoms. The fraction of sp³-hybridized carbons (Fsp3) is 0.250. The molecule has 0 radical (unpaired) electrons. The van der Waals surface area contributed by atoms with E-state index in [1.807, 2.05) is 32.0 Å². The van der Waals surface area contributed by atoms with Gasteiger partial charge in [0.05, 0.1) is 11.4 Å². The van der Waals surface area contributed by atoms with Gasteiger partial charge in [-0.15, -0.1) is 0 Å². The number of alkyl halides is 1. The molecule has 4 heteroatoms. The highest BCUT2D eigenvalue weighted by molar-refractivity contribution is 9.09. The van der Waals surface area contributed by atoms with Gasteiger partial charge < -0.3 is 4.74 Å². The van der Waals surface area contributed by atoms with Crippen LogP contribution in [0.3, 0.4) is 0 Å². The van der Waals surface area contributed by atoms with E-state index >= 15 is 0 Å². The zero-order valence-electron chi connectivity index (χ0n) is 11.3. The van der Waals surface area contributed by atoms with Crippen LogP contribution in [0.15, 0.2) is 36.4 Å². The maximum absolute atomic E-state index is 13.4. The minimum atomic E-state index is -0.849. The average Bonchev–Trinajstić information content (AvgIpc) is 2.43. The van der Waals surface area contributed by atoms with Crippen LogP contribution >= 0.6 is 15.9 Å². The zero-order valence-corrected chi connectivity index (χ0v) is 12.9. The van der Waals surface area contributed by atoms with Crippen molar-refractivity contribution in [2.24, 2.45) is 0 Å². The van der Waals surface area contributed by atoms with Crippen molar-refractivity contribution in [3.8, 4) is 5.75 Å². The highest BCUT2D eigenvalue weighted by Gasteiger charge is 2.17. The summed E-state index contributed by atoms with van der Waals surface area (Å²) in [6.45, 7) is 4.43. The van der Waals surface area contributed by atoms with Crippen molar-refractivity contribution in [3.05, 3.63) is 64.7 Å². The van der Waals surface area contributed by atoms with Crippen LogP contribution in [-0.4, -0.2) is 6.61 Å². The third-order valence-corrected chi connectivity index (χ3v) is 4.00. The lowest BCUT2D eigenvalue weighted by Gasteiger charge is -2.16. The number of halogens is 3. The van der Waals surface area contributed by atoms with Crippen LogP contribution < -0.4 is 4.74 Å². The normalized spacial score (nSPS) is 12.2. The summed E-state index contributed by atoms with van der Waals surface area (Å²) in [6.07, 6.45) is 0. The second-order valence-corrected chi connectivity index (χ2v) is 5.43. The first kappa shape index (κ1) is 15.0. The van der Waals surface area contributed by atoms with Gasteiger partial charge in [0.1, 0.15) is 5.75 Å². The number of benzene rings is 2. The molecular weight excluding hydrogens is 326 g/mol. The molecule has 0 aromatic heterocycles. The Hall–Kier alpha value is -1.42. The predicted molar refractivity (Wildman–Crippen MR) is 79.5 cm³/mol. The summed E-state index contributed by atoms with van der Waals surface area (Å²) in [7, 11) is 0. The number of ether oxygens (including phenoxy) is 1. The molecule has 2 rings (SSSR count). The maximum Gasteiger partial charge on any atom is 0.159 e. The smallest absolute Gasteiger partial charge is 0.159 e. The Morgan fingerprint density at radius 3 is 2.50 bits per heavy atom. The lowest BCUT2D eigenvalue weighted by molar-refractivity contribution is 0.337. The summed E-state index contributed by atoms with van der Waals surface area (Å²) >= 11 is 3.54. The van der Waals surface area contributed by atoms with Gasteiger partial charge in [-0.2, -0.15) is 0 Å². The highest BCUT2D eigenvalue weighted by atomic mass is 79.9. The fourth-order valence-corrected chi connectivity index (χ4v) is 2.65. The monoisotopic (exact) mass is 340 g/mol. The second kappa shape index (κ2) is 6.35. The first-order valence-corrected chi connectivity index (χ1v) is 7.27. The Morgan fingerprint density at radius 1 is 1.10 bits per heavy atom. The Balaban J connectivity index is 2.43. The van der Waals surface area contributed by atoms with Crippen molar-refractivity contribution in [2.75, 3.05) is 6.61 Å². The quantitative estimate of drug-likeness (QED) is 0.699. The summed E-state index contributed by atoms with van der Waals surface area (Å²) in [5.41, 5.74) is 2.63. The largest absolute Gasteiger partial charge is 0.494 e. The zero-order chi connectivity index (χ0) is 14.7. The van der Waals surface area contributed by atoms with Gasteiger partial charge in [-0.1, -0.05) is 39.7 Å². The van der Waals surface area contributed by atoms with E-state index in [1.165, 1.54) is 6.07 Å². The van der Waals surface area contributed by atoms with Crippen molar-refractivity contribution >= 4 is 15.9 Å². The molecule has 0 saturated carbocycles. The lowest BCUT2D eigenvalue weighted by Crippen LogP contribution is -2.01. The average molecular weight is 341 g/mol. The third kappa shape index (κ3) is 3.18. The Morgan fingerprint density at radius 2 is 1.85 bits per heavy atom. The molecule has 0 fully saturated rings. The molecule has 0 aliphatic rings. The van der Waals surface area contributed by atoms with Crippen molar-refractivity contribution in [1.29, 1.82) is 0 Å². The van der Waals surface area contributed by atoms with E-state index in [2.05, 4.69) is 15.9 Å². The summed E-state index contributed by atoms with van der Waals surface area (Å²) < 4.78 is 32.0. The molecule has 2 aromatic carbocycles. The minimum Gasteiger partial charge on any atom is -0.494 e. The topological polar surface area (TPSA) is 9.23 Å². The predicted octanol–water partition coefficient (Wildman–Crippen LogP) is 5.16. The van der Waals surface area contributed by atoms with E-state index in [0.29, 0.717) is 12.2 Å². The van der Waals surface area contributed by atoms with Crippen molar-refractivity contribution in [3.63, 3.8) is 0 Å². The van der Waals surface area contributed by atoms with Crippen LogP contribution in [0.5, 0.6) is 5.75 Å². The van der Waals surface area contributed by atoms with Gasteiger partial charge in [0.2, 0.25) is 0 Å². The van der Waals surface area contributed by atoms with Crippen LogP contribution in [0, 0.1) is 18.6 Å². The van der Waals surface area contributed by atoms with Gasteiger partial charge in [0, 0.05) is 5.56 Å². The number of hydrogen-bond acceptors (Lipinski definition) is 1. The van der Waals surface area contributed by atoms with E-state index in [9.17, 15) is 8.78 Å². The molecule has 0 spiro atoms. The third-order valence-electron chi connectivity index (χ3n) is 2.97.